The smallest absolute Gasteiger partial charge is 0.333 e. The van der Waals surface area contributed by atoms with E-state index < -0.39 is 29.4 Å². The summed E-state index contributed by atoms with van der Waals surface area (Å²) in [5.41, 5.74) is 0.311. The van der Waals surface area contributed by atoms with Crippen LogP contribution in [0.2, 0.25) is 0 Å². The molecule has 0 N–H and O–H groups in total. The second kappa shape index (κ2) is 5.26. The topological polar surface area (TPSA) is 72.5 Å². The number of hydrogen-bond acceptors (Lipinski definition) is 7. The van der Waals surface area contributed by atoms with Crippen LogP contribution in [0.5, 0.6) is 0 Å². The van der Waals surface area contributed by atoms with Crippen molar-refractivity contribution in [2.75, 3.05) is 13.2 Å². The van der Waals surface area contributed by atoms with Gasteiger partial charge in [-0.05, 0) is 34.6 Å². The minimum atomic E-state index is -1.21. The Morgan fingerprint density at radius 2 is 1.87 bits per heavy atom. The molecule has 3 heterocycles. The summed E-state index contributed by atoms with van der Waals surface area (Å²) in [5, 5.41) is 0. The maximum absolute atomic E-state index is 11.7. The zero-order valence-electron chi connectivity index (χ0n) is 14.2. The molecule has 0 bridgehead atoms. The van der Waals surface area contributed by atoms with Gasteiger partial charge in [0.05, 0.1) is 6.61 Å². The molecule has 4 atom stereocenters. The van der Waals surface area contributed by atoms with Gasteiger partial charge in [-0.15, -0.1) is 0 Å². The van der Waals surface area contributed by atoms with E-state index in [4.69, 9.17) is 28.4 Å². The van der Waals surface area contributed by atoms with E-state index in [1.165, 1.54) is 0 Å². The van der Waals surface area contributed by atoms with E-state index in [0.29, 0.717) is 5.57 Å². The van der Waals surface area contributed by atoms with E-state index >= 15 is 0 Å². The van der Waals surface area contributed by atoms with Crippen molar-refractivity contribution < 1.29 is 33.2 Å². The molecule has 0 aliphatic carbocycles. The van der Waals surface area contributed by atoms with Crippen molar-refractivity contribution in [3.05, 3.63) is 12.2 Å². The highest BCUT2D eigenvalue weighted by molar-refractivity contribution is 5.86. The van der Waals surface area contributed by atoms with Gasteiger partial charge in [-0.1, -0.05) is 6.58 Å². The minimum Gasteiger partial charge on any atom is -0.456 e. The van der Waals surface area contributed by atoms with Gasteiger partial charge < -0.3 is 28.4 Å². The molecule has 0 saturated carbocycles. The van der Waals surface area contributed by atoms with Crippen molar-refractivity contribution in [1.82, 2.24) is 0 Å². The van der Waals surface area contributed by atoms with Gasteiger partial charge in [0.2, 0.25) is 5.79 Å². The standard InChI is InChI=1S/C16H24O7/c1-9(2)13(17)18-8-16-12(22-15(5,6)23-16)11-10(7-19-16)20-14(3,4)21-11/h10-12H,1,7-8H2,2-6H3/t10-,11-,12+,16-/m1/s1. The Balaban J connectivity index is 1.82. The van der Waals surface area contributed by atoms with Crippen LogP contribution in [-0.4, -0.2) is 54.9 Å². The van der Waals surface area contributed by atoms with Crippen molar-refractivity contribution in [2.45, 2.75) is 70.3 Å². The van der Waals surface area contributed by atoms with Crippen molar-refractivity contribution >= 4 is 5.97 Å². The van der Waals surface area contributed by atoms with E-state index in [1.54, 1.807) is 20.8 Å². The first kappa shape index (κ1) is 16.9. The molecule has 0 aromatic heterocycles. The molecule has 7 heteroatoms. The van der Waals surface area contributed by atoms with Crippen molar-refractivity contribution in [3.63, 3.8) is 0 Å². The highest BCUT2D eigenvalue weighted by Gasteiger charge is 2.65. The van der Waals surface area contributed by atoms with Crippen molar-refractivity contribution in [2.24, 2.45) is 0 Å². The number of esters is 1. The third-order valence-corrected chi connectivity index (χ3v) is 4.03. The average Bonchev–Trinajstić information content (AvgIpc) is 2.87. The monoisotopic (exact) mass is 328 g/mol. The molecule has 3 aliphatic heterocycles. The summed E-state index contributed by atoms with van der Waals surface area (Å²) < 4.78 is 34.9. The second-order valence-electron chi connectivity index (χ2n) is 7.16. The lowest BCUT2D eigenvalue weighted by Gasteiger charge is -2.40. The summed E-state index contributed by atoms with van der Waals surface area (Å²) in [7, 11) is 0. The van der Waals surface area contributed by atoms with Gasteiger partial charge >= 0.3 is 5.97 Å². The molecule has 3 fully saturated rings. The highest BCUT2D eigenvalue weighted by atomic mass is 16.9. The fourth-order valence-electron chi connectivity index (χ4n) is 3.24. The van der Waals surface area contributed by atoms with Crippen LogP contribution in [0.3, 0.4) is 0 Å². The fraction of sp³-hybridized carbons (Fsp3) is 0.812. The van der Waals surface area contributed by atoms with Gasteiger partial charge in [0.15, 0.2) is 11.6 Å². The Morgan fingerprint density at radius 1 is 1.17 bits per heavy atom. The number of fused-ring (bicyclic) bond motifs is 3. The molecule has 0 amide bonds. The molecule has 3 saturated heterocycles. The maximum Gasteiger partial charge on any atom is 0.333 e. The summed E-state index contributed by atoms with van der Waals surface area (Å²) in [4.78, 5) is 11.7. The SMILES string of the molecule is C=C(C)C(=O)OC[C@]12OC[C@H]3OC(C)(C)O[C@H]3[C@@H]1OC(C)(C)O2. The van der Waals surface area contributed by atoms with E-state index in [1.807, 2.05) is 13.8 Å². The predicted octanol–water partition coefficient (Wildman–Crippen LogP) is 1.50. The molecule has 0 aromatic rings. The zero-order valence-corrected chi connectivity index (χ0v) is 14.2. The molecule has 0 radical (unpaired) electrons. The normalized spacial score (nSPS) is 40.3. The summed E-state index contributed by atoms with van der Waals surface area (Å²) >= 11 is 0. The Kier molecular flexibility index (Phi) is 3.85. The van der Waals surface area contributed by atoms with E-state index in [9.17, 15) is 4.79 Å². The van der Waals surface area contributed by atoms with Crippen LogP contribution in [0.15, 0.2) is 12.2 Å². The van der Waals surface area contributed by atoms with Crippen LogP contribution in [0.25, 0.3) is 0 Å². The lowest BCUT2D eigenvalue weighted by molar-refractivity contribution is -0.295. The van der Waals surface area contributed by atoms with Crippen LogP contribution in [0.4, 0.5) is 0 Å². The molecule has 0 aromatic carbocycles. The van der Waals surface area contributed by atoms with Gasteiger partial charge in [-0.2, -0.15) is 0 Å². The molecule has 0 unspecified atom stereocenters. The highest BCUT2D eigenvalue weighted by Crippen LogP contribution is 2.47. The number of carbonyl (C=O) groups excluding carboxylic acids is 1. The second-order valence-corrected chi connectivity index (χ2v) is 7.16. The van der Waals surface area contributed by atoms with Crippen LogP contribution in [0.1, 0.15) is 34.6 Å². The van der Waals surface area contributed by atoms with Crippen molar-refractivity contribution in [3.8, 4) is 0 Å². The van der Waals surface area contributed by atoms with Crippen molar-refractivity contribution in [1.29, 1.82) is 0 Å². The van der Waals surface area contributed by atoms with Gasteiger partial charge in [0, 0.05) is 5.57 Å². The molecular weight excluding hydrogens is 304 g/mol. The van der Waals surface area contributed by atoms with Crippen LogP contribution in [-0.2, 0) is 33.2 Å². The van der Waals surface area contributed by atoms with E-state index in [0.717, 1.165) is 0 Å². The molecule has 7 nitrogen and oxygen atoms in total. The average molecular weight is 328 g/mol. The zero-order chi connectivity index (χ0) is 17.0. The molecule has 3 rings (SSSR count). The van der Waals surface area contributed by atoms with Gasteiger partial charge in [0.1, 0.15) is 24.9 Å². The van der Waals surface area contributed by atoms with E-state index in [-0.39, 0.29) is 25.4 Å². The number of carbonyl (C=O) groups is 1. The molecule has 3 aliphatic rings. The first-order valence-corrected chi connectivity index (χ1v) is 7.74. The maximum atomic E-state index is 11.7. The predicted molar refractivity (Wildman–Crippen MR) is 78.3 cm³/mol. The number of rotatable bonds is 3. The molecular formula is C16H24O7. The number of ether oxygens (including phenoxy) is 6. The lowest BCUT2D eigenvalue weighted by Crippen LogP contribution is -2.60. The minimum absolute atomic E-state index is 0.0974. The van der Waals surface area contributed by atoms with Gasteiger partial charge in [0.25, 0.3) is 0 Å². The Morgan fingerprint density at radius 3 is 2.52 bits per heavy atom. The third kappa shape index (κ3) is 3.04. The molecule has 23 heavy (non-hydrogen) atoms. The Hall–Kier alpha value is -0.990. The van der Waals surface area contributed by atoms with Gasteiger partial charge in [-0.25, -0.2) is 4.79 Å². The van der Waals surface area contributed by atoms with Crippen LogP contribution >= 0.6 is 0 Å². The summed E-state index contributed by atoms with van der Waals surface area (Å²) in [5.74, 6) is -3.31. The summed E-state index contributed by atoms with van der Waals surface area (Å²) in [6.45, 7) is 12.6. The van der Waals surface area contributed by atoms with E-state index in [2.05, 4.69) is 6.58 Å². The fourth-order valence-corrected chi connectivity index (χ4v) is 3.24. The lowest BCUT2D eigenvalue weighted by atomic mass is 9.97. The molecule has 130 valence electrons. The Labute approximate surface area is 135 Å². The third-order valence-electron chi connectivity index (χ3n) is 4.03. The van der Waals surface area contributed by atoms with Crippen LogP contribution in [0, 0.1) is 0 Å². The Bertz CT molecular complexity index is 527. The molecule has 0 spiro atoms. The summed E-state index contributed by atoms with van der Waals surface area (Å²) in [6.07, 6.45) is -1.17. The van der Waals surface area contributed by atoms with Crippen LogP contribution < -0.4 is 0 Å². The summed E-state index contributed by atoms with van der Waals surface area (Å²) in [6, 6.07) is 0. The first-order valence-electron chi connectivity index (χ1n) is 7.74. The first-order chi connectivity index (χ1) is 10.5. The van der Waals surface area contributed by atoms with Gasteiger partial charge in [-0.3, -0.25) is 0 Å². The quantitative estimate of drug-likeness (QED) is 0.574. The number of hydrogen-bond donors (Lipinski definition) is 0. The largest absolute Gasteiger partial charge is 0.456 e.